The molecule has 1 heterocycles. The Bertz CT molecular complexity index is 604. The molecule has 3 heteroatoms. The molecule has 0 fully saturated rings. The average molecular weight is 253 g/mol. The summed E-state index contributed by atoms with van der Waals surface area (Å²) in [5, 5.41) is 12.3. The van der Waals surface area contributed by atoms with Crippen molar-refractivity contribution in [2.24, 2.45) is 0 Å². The molecule has 1 atom stereocenters. The zero-order valence-corrected chi connectivity index (χ0v) is 10.5. The lowest BCUT2D eigenvalue weighted by atomic mass is 9.93. The topological polar surface area (TPSA) is 49.3 Å². The van der Waals surface area contributed by atoms with Crippen molar-refractivity contribution < 1.29 is 9.90 Å². The summed E-state index contributed by atoms with van der Waals surface area (Å²) in [7, 11) is 0. The Morgan fingerprint density at radius 2 is 1.79 bits per heavy atom. The number of amides is 1. The standard InChI is InChI=1S/C16H15NO2/c18-13-8-5-11(6-9-13)14-10-7-12-3-1-2-4-15(12)17-16(14)19/h1-6,8-9,14,18H,7,10H2,(H,17,19). The second kappa shape index (κ2) is 4.76. The van der Waals surface area contributed by atoms with Crippen LogP contribution in [0.2, 0.25) is 0 Å². The van der Waals surface area contributed by atoms with Crippen LogP contribution in [0.25, 0.3) is 0 Å². The Kier molecular flexibility index (Phi) is 2.95. The van der Waals surface area contributed by atoms with Gasteiger partial charge in [0.25, 0.3) is 0 Å². The summed E-state index contributed by atoms with van der Waals surface area (Å²) in [6.07, 6.45) is 1.66. The number of nitrogens with one attached hydrogen (secondary N) is 1. The van der Waals surface area contributed by atoms with Gasteiger partial charge in [-0.25, -0.2) is 0 Å². The molecule has 1 amide bonds. The molecule has 1 unspecified atom stereocenters. The summed E-state index contributed by atoms with van der Waals surface area (Å²) < 4.78 is 0. The largest absolute Gasteiger partial charge is 0.508 e. The fourth-order valence-corrected chi connectivity index (χ4v) is 2.54. The van der Waals surface area contributed by atoms with Crippen molar-refractivity contribution in [1.29, 1.82) is 0 Å². The molecule has 2 N–H and O–H groups in total. The van der Waals surface area contributed by atoms with Crippen molar-refractivity contribution >= 4 is 11.6 Å². The SMILES string of the molecule is O=C1Nc2ccccc2CCC1c1ccc(O)cc1. The first-order valence-corrected chi connectivity index (χ1v) is 6.42. The lowest BCUT2D eigenvalue weighted by Crippen LogP contribution is -2.19. The van der Waals surface area contributed by atoms with Crippen LogP contribution in [0.4, 0.5) is 5.69 Å². The molecule has 0 spiro atoms. The quantitative estimate of drug-likeness (QED) is 0.820. The Labute approximate surface area is 111 Å². The van der Waals surface area contributed by atoms with Crippen LogP contribution >= 0.6 is 0 Å². The molecule has 0 saturated carbocycles. The molecule has 1 aliphatic rings. The number of hydrogen-bond acceptors (Lipinski definition) is 2. The molecule has 2 aromatic rings. The van der Waals surface area contributed by atoms with Crippen molar-refractivity contribution in [3.8, 4) is 5.75 Å². The molecule has 3 nitrogen and oxygen atoms in total. The average Bonchev–Trinajstić information content (AvgIpc) is 2.58. The third kappa shape index (κ3) is 2.32. The molecule has 1 aliphatic heterocycles. The molecule has 96 valence electrons. The minimum Gasteiger partial charge on any atom is -0.508 e. The first kappa shape index (κ1) is 11.8. The fraction of sp³-hybridized carbons (Fsp3) is 0.188. The van der Waals surface area contributed by atoms with E-state index in [2.05, 4.69) is 11.4 Å². The fourth-order valence-electron chi connectivity index (χ4n) is 2.54. The predicted molar refractivity (Wildman–Crippen MR) is 74.2 cm³/mol. The number of carbonyl (C=O) groups is 1. The molecule has 0 saturated heterocycles. The number of carbonyl (C=O) groups excluding carboxylic acids is 1. The van der Waals surface area contributed by atoms with E-state index in [9.17, 15) is 9.90 Å². The van der Waals surface area contributed by atoms with E-state index in [1.807, 2.05) is 30.3 Å². The van der Waals surface area contributed by atoms with Crippen molar-refractivity contribution in [1.82, 2.24) is 0 Å². The summed E-state index contributed by atoms with van der Waals surface area (Å²) in [5.41, 5.74) is 3.04. The van der Waals surface area contributed by atoms with E-state index < -0.39 is 0 Å². The summed E-state index contributed by atoms with van der Waals surface area (Å²) in [6, 6.07) is 14.8. The van der Waals surface area contributed by atoms with Crippen LogP contribution in [0, 0.1) is 0 Å². The summed E-state index contributed by atoms with van der Waals surface area (Å²) in [4.78, 5) is 12.3. The third-order valence-corrected chi connectivity index (χ3v) is 3.59. The highest BCUT2D eigenvalue weighted by Gasteiger charge is 2.24. The highest BCUT2D eigenvalue weighted by molar-refractivity contribution is 5.97. The molecule has 3 rings (SSSR count). The van der Waals surface area contributed by atoms with E-state index in [1.54, 1.807) is 12.1 Å². The number of rotatable bonds is 1. The predicted octanol–water partition coefficient (Wildman–Crippen LogP) is 3.06. The molecule has 19 heavy (non-hydrogen) atoms. The van der Waals surface area contributed by atoms with Crippen molar-refractivity contribution in [3.05, 3.63) is 59.7 Å². The second-order valence-corrected chi connectivity index (χ2v) is 4.83. The van der Waals surface area contributed by atoms with Crippen LogP contribution in [0.3, 0.4) is 0 Å². The van der Waals surface area contributed by atoms with Crippen LogP contribution < -0.4 is 5.32 Å². The molecule has 2 aromatic carbocycles. The van der Waals surface area contributed by atoms with Gasteiger partial charge in [0.05, 0.1) is 5.92 Å². The first-order valence-electron chi connectivity index (χ1n) is 6.42. The zero-order chi connectivity index (χ0) is 13.2. The van der Waals surface area contributed by atoms with Gasteiger partial charge < -0.3 is 10.4 Å². The van der Waals surface area contributed by atoms with Crippen LogP contribution in [-0.2, 0) is 11.2 Å². The molecular weight excluding hydrogens is 238 g/mol. The van der Waals surface area contributed by atoms with Gasteiger partial charge in [0.1, 0.15) is 5.75 Å². The summed E-state index contributed by atoms with van der Waals surface area (Å²) in [6.45, 7) is 0. The number of para-hydroxylation sites is 1. The monoisotopic (exact) mass is 253 g/mol. The van der Waals surface area contributed by atoms with Gasteiger partial charge in [0.15, 0.2) is 0 Å². The Balaban J connectivity index is 1.90. The number of aryl methyl sites for hydroxylation is 1. The van der Waals surface area contributed by atoms with Crippen molar-refractivity contribution in [2.75, 3.05) is 5.32 Å². The van der Waals surface area contributed by atoms with Crippen LogP contribution in [0.1, 0.15) is 23.5 Å². The molecular formula is C16H15NO2. The summed E-state index contributed by atoms with van der Waals surface area (Å²) >= 11 is 0. The lowest BCUT2D eigenvalue weighted by Gasteiger charge is -2.13. The van der Waals surface area contributed by atoms with Gasteiger partial charge in [-0.3, -0.25) is 4.79 Å². The zero-order valence-electron chi connectivity index (χ0n) is 10.5. The van der Waals surface area contributed by atoms with E-state index in [-0.39, 0.29) is 17.6 Å². The van der Waals surface area contributed by atoms with E-state index in [0.717, 1.165) is 24.1 Å². The van der Waals surface area contributed by atoms with Gasteiger partial charge in [-0.1, -0.05) is 30.3 Å². The smallest absolute Gasteiger partial charge is 0.231 e. The van der Waals surface area contributed by atoms with Gasteiger partial charge in [0, 0.05) is 5.69 Å². The van der Waals surface area contributed by atoms with Gasteiger partial charge in [-0.15, -0.1) is 0 Å². The maximum atomic E-state index is 12.3. The van der Waals surface area contributed by atoms with Crippen molar-refractivity contribution in [2.45, 2.75) is 18.8 Å². The van der Waals surface area contributed by atoms with Gasteiger partial charge in [-0.05, 0) is 42.2 Å². The Morgan fingerprint density at radius 1 is 1.05 bits per heavy atom. The number of phenolic OH excluding ortho intramolecular Hbond substituents is 1. The number of fused-ring (bicyclic) bond motifs is 1. The van der Waals surface area contributed by atoms with E-state index in [4.69, 9.17) is 0 Å². The van der Waals surface area contributed by atoms with Gasteiger partial charge >= 0.3 is 0 Å². The molecule has 0 aliphatic carbocycles. The number of hydrogen-bond donors (Lipinski definition) is 2. The normalized spacial score (nSPS) is 18.3. The minimum atomic E-state index is -0.159. The lowest BCUT2D eigenvalue weighted by molar-refractivity contribution is -0.117. The van der Waals surface area contributed by atoms with E-state index in [1.165, 1.54) is 5.56 Å². The maximum absolute atomic E-state index is 12.3. The highest BCUT2D eigenvalue weighted by Crippen LogP contribution is 2.30. The Hall–Kier alpha value is -2.29. The minimum absolute atomic E-state index is 0.0237. The number of phenols is 1. The first-order chi connectivity index (χ1) is 9.24. The van der Waals surface area contributed by atoms with Gasteiger partial charge in [0.2, 0.25) is 5.91 Å². The highest BCUT2D eigenvalue weighted by atomic mass is 16.3. The van der Waals surface area contributed by atoms with E-state index in [0.29, 0.717) is 0 Å². The number of aromatic hydroxyl groups is 1. The van der Waals surface area contributed by atoms with Crippen molar-refractivity contribution in [3.63, 3.8) is 0 Å². The van der Waals surface area contributed by atoms with E-state index >= 15 is 0 Å². The number of anilines is 1. The maximum Gasteiger partial charge on any atom is 0.231 e. The van der Waals surface area contributed by atoms with Gasteiger partial charge in [-0.2, -0.15) is 0 Å². The van der Waals surface area contributed by atoms with Crippen LogP contribution in [0.15, 0.2) is 48.5 Å². The number of benzene rings is 2. The van der Waals surface area contributed by atoms with Crippen LogP contribution in [-0.4, -0.2) is 11.0 Å². The Morgan fingerprint density at radius 3 is 2.58 bits per heavy atom. The molecule has 0 aromatic heterocycles. The second-order valence-electron chi connectivity index (χ2n) is 4.83. The molecule has 0 bridgehead atoms. The van der Waals surface area contributed by atoms with Crippen LogP contribution in [0.5, 0.6) is 5.75 Å². The third-order valence-electron chi connectivity index (χ3n) is 3.59. The summed E-state index contributed by atoms with van der Waals surface area (Å²) in [5.74, 6) is 0.0877. The molecule has 0 radical (unpaired) electrons.